The average molecular weight is 346 g/mol. The number of aliphatic imine (C=N–C) groups is 4. The summed E-state index contributed by atoms with van der Waals surface area (Å²) in [5.74, 6) is 0. The van der Waals surface area contributed by atoms with Crippen molar-refractivity contribution in [2.24, 2.45) is 20.0 Å². The quantitative estimate of drug-likeness (QED) is 0.735. The SMILES string of the molecule is C[C@@H]1CN=Cc2cccc(n2)C=N[C@H](C)CN=Cc2cccc(n2)C=N1. The summed E-state index contributed by atoms with van der Waals surface area (Å²) in [5.41, 5.74) is 3.25. The van der Waals surface area contributed by atoms with Gasteiger partial charge in [-0.05, 0) is 38.1 Å². The molecule has 0 aliphatic carbocycles. The number of pyridine rings is 2. The first-order valence-electron chi connectivity index (χ1n) is 8.69. The third-order valence-corrected chi connectivity index (χ3v) is 3.69. The standard InChI is InChI=1S/C20H22N6/c1-15-9-21-11-17-5-4-8-20(26-17)14-24-16(2)10-22-12-18-6-3-7-19(25-18)13-23-15/h3-8,11-16H,9-10H2,1-2H3/t15-,16-/m1/s1. The van der Waals surface area contributed by atoms with Crippen LogP contribution in [0.25, 0.3) is 0 Å². The molecule has 2 atom stereocenters. The molecule has 2 aromatic heterocycles. The van der Waals surface area contributed by atoms with Gasteiger partial charge in [-0.2, -0.15) is 0 Å². The third-order valence-electron chi connectivity index (χ3n) is 3.69. The van der Waals surface area contributed by atoms with Crippen molar-refractivity contribution in [3.05, 3.63) is 59.2 Å². The van der Waals surface area contributed by atoms with E-state index < -0.39 is 0 Å². The predicted octanol–water partition coefficient (Wildman–Crippen LogP) is 2.64. The van der Waals surface area contributed by atoms with Gasteiger partial charge in [-0.25, -0.2) is 9.97 Å². The lowest BCUT2D eigenvalue weighted by molar-refractivity contribution is 0.759. The fourth-order valence-corrected chi connectivity index (χ4v) is 2.32. The Morgan fingerprint density at radius 2 is 1.00 bits per heavy atom. The van der Waals surface area contributed by atoms with Crippen LogP contribution in [0.5, 0.6) is 0 Å². The number of rotatable bonds is 0. The summed E-state index contributed by atoms with van der Waals surface area (Å²) < 4.78 is 0. The van der Waals surface area contributed by atoms with Crippen LogP contribution in [0, 0.1) is 0 Å². The molecular formula is C20H22N6. The molecule has 1 aliphatic rings. The molecule has 1 aliphatic heterocycles. The number of fused-ring (bicyclic) bond motifs is 4. The average Bonchev–Trinajstić information content (AvgIpc) is 2.65. The summed E-state index contributed by atoms with van der Waals surface area (Å²) in [6.07, 6.45) is 7.12. The molecule has 0 saturated heterocycles. The maximum atomic E-state index is 4.53. The minimum Gasteiger partial charge on any atom is -0.289 e. The molecule has 3 rings (SSSR count). The monoisotopic (exact) mass is 346 g/mol. The summed E-state index contributed by atoms with van der Waals surface area (Å²) >= 11 is 0. The summed E-state index contributed by atoms with van der Waals surface area (Å²) in [4.78, 5) is 27.0. The fourth-order valence-electron chi connectivity index (χ4n) is 2.32. The highest BCUT2D eigenvalue weighted by Crippen LogP contribution is 2.01. The molecule has 0 aromatic carbocycles. The molecule has 0 saturated carbocycles. The van der Waals surface area contributed by atoms with Crippen molar-refractivity contribution in [3.63, 3.8) is 0 Å². The van der Waals surface area contributed by atoms with Crippen molar-refractivity contribution in [3.8, 4) is 0 Å². The van der Waals surface area contributed by atoms with Crippen LogP contribution >= 0.6 is 0 Å². The zero-order chi connectivity index (χ0) is 18.2. The molecule has 0 unspecified atom stereocenters. The number of aromatic nitrogens is 2. The molecule has 6 heteroatoms. The van der Waals surface area contributed by atoms with E-state index in [0.29, 0.717) is 13.1 Å². The molecule has 4 bridgehead atoms. The van der Waals surface area contributed by atoms with E-state index in [9.17, 15) is 0 Å². The van der Waals surface area contributed by atoms with Crippen LogP contribution in [-0.4, -0.2) is 60.0 Å². The topological polar surface area (TPSA) is 75.2 Å². The first kappa shape index (κ1) is 17.8. The van der Waals surface area contributed by atoms with Crippen molar-refractivity contribution in [1.82, 2.24) is 9.97 Å². The van der Waals surface area contributed by atoms with Crippen molar-refractivity contribution >= 4 is 24.9 Å². The minimum absolute atomic E-state index is 0.0647. The van der Waals surface area contributed by atoms with Gasteiger partial charge in [0.15, 0.2) is 0 Å². The Balaban J connectivity index is 1.87. The molecule has 2 aromatic rings. The molecule has 0 fully saturated rings. The summed E-state index contributed by atoms with van der Waals surface area (Å²) in [6, 6.07) is 11.7. The van der Waals surface area contributed by atoms with Gasteiger partial charge < -0.3 is 0 Å². The molecule has 0 N–H and O–H groups in total. The molecular weight excluding hydrogens is 324 g/mol. The van der Waals surface area contributed by atoms with Gasteiger partial charge in [0.2, 0.25) is 0 Å². The molecule has 0 spiro atoms. The van der Waals surface area contributed by atoms with E-state index in [1.54, 1.807) is 24.9 Å². The number of nitrogens with zero attached hydrogens (tertiary/aromatic N) is 6. The van der Waals surface area contributed by atoms with Gasteiger partial charge in [0.05, 0.1) is 47.9 Å². The van der Waals surface area contributed by atoms with Gasteiger partial charge in [-0.1, -0.05) is 12.1 Å². The van der Waals surface area contributed by atoms with E-state index in [1.807, 2.05) is 50.2 Å². The summed E-state index contributed by atoms with van der Waals surface area (Å²) in [7, 11) is 0. The van der Waals surface area contributed by atoms with Gasteiger partial charge in [0, 0.05) is 24.9 Å². The van der Waals surface area contributed by atoms with Gasteiger partial charge in [-0.3, -0.25) is 20.0 Å². The Hall–Kier alpha value is -3.02. The first-order chi connectivity index (χ1) is 12.7. The summed E-state index contributed by atoms with van der Waals surface area (Å²) in [5, 5.41) is 0. The smallest absolute Gasteiger partial charge is 0.0815 e. The highest BCUT2D eigenvalue weighted by molar-refractivity contribution is 5.83. The maximum absolute atomic E-state index is 4.53. The highest BCUT2D eigenvalue weighted by atomic mass is 14.9. The Labute approximate surface area is 153 Å². The van der Waals surface area contributed by atoms with Crippen molar-refractivity contribution in [1.29, 1.82) is 0 Å². The predicted molar refractivity (Wildman–Crippen MR) is 108 cm³/mol. The van der Waals surface area contributed by atoms with Gasteiger partial charge in [0.25, 0.3) is 0 Å². The van der Waals surface area contributed by atoms with E-state index in [0.717, 1.165) is 22.8 Å². The van der Waals surface area contributed by atoms with Crippen LogP contribution in [0.15, 0.2) is 56.4 Å². The van der Waals surface area contributed by atoms with E-state index in [4.69, 9.17) is 0 Å². The van der Waals surface area contributed by atoms with Crippen molar-refractivity contribution in [2.45, 2.75) is 25.9 Å². The molecule has 3 heterocycles. The van der Waals surface area contributed by atoms with Crippen LogP contribution in [0.1, 0.15) is 36.6 Å². The zero-order valence-corrected chi connectivity index (χ0v) is 15.0. The minimum atomic E-state index is 0.0647. The number of hydrogen-bond donors (Lipinski definition) is 0. The molecule has 6 nitrogen and oxygen atoms in total. The molecule has 26 heavy (non-hydrogen) atoms. The summed E-state index contributed by atoms with van der Waals surface area (Å²) in [6.45, 7) is 5.23. The maximum Gasteiger partial charge on any atom is 0.0815 e. The molecule has 132 valence electrons. The molecule has 0 radical (unpaired) electrons. The van der Waals surface area contributed by atoms with Gasteiger partial charge in [0.1, 0.15) is 0 Å². The van der Waals surface area contributed by atoms with Crippen molar-refractivity contribution < 1.29 is 0 Å². The largest absolute Gasteiger partial charge is 0.289 e. The van der Waals surface area contributed by atoms with Crippen LogP contribution in [0.2, 0.25) is 0 Å². The fraction of sp³-hybridized carbons (Fsp3) is 0.300. The van der Waals surface area contributed by atoms with E-state index >= 15 is 0 Å². The number of hydrogen-bond acceptors (Lipinski definition) is 6. The zero-order valence-electron chi connectivity index (χ0n) is 15.0. The Morgan fingerprint density at radius 3 is 1.42 bits per heavy atom. The third kappa shape index (κ3) is 5.51. The van der Waals surface area contributed by atoms with E-state index in [-0.39, 0.29) is 12.1 Å². The van der Waals surface area contributed by atoms with Gasteiger partial charge >= 0.3 is 0 Å². The van der Waals surface area contributed by atoms with Crippen LogP contribution in [0.4, 0.5) is 0 Å². The Bertz CT molecular complexity index is 781. The second-order valence-corrected chi connectivity index (χ2v) is 6.22. The lowest BCUT2D eigenvalue weighted by atomic mass is 10.3. The highest BCUT2D eigenvalue weighted by Gasteiger charge is 2.00. The lowest BCUT2D eigenvalue weighted by Crippen LogP contribution is -2.07. The normalized spacial score (nSPS) is 20.5. The molecule has 0 amide bonds. The second kappa shape index (κ2) is 8.89. The van der Waals surface area contributed by atoms with Gasteiger partial charge in [-0.15, -0.1) is 0 Å². The Morgan fingerprint density at radius 1 is 0.615 bits per heavy atom. The van der Waals surface area contributed by atoms with Crippen molar-refractivity contribution in [2.75, 3.05) is 13.1 Å². The Kier molecular flexibility index (Phi) is 6.09. The van der Waals surface area contributed by atoms with Crippen LogP contribution < -0.4 is 0 Å². The van der Waals surface area contributed by atoms with E-state index in [2.05, 4.69) is 29.9 Å². The van der Waals surface area contributed by atoms with Crippen LogP contribution in [0.3, 0.4) is 0 Å². The van der Waals surface area contributed by atoms with Crippen LogP contribution in [-0.2, 0) is 0 Å². The lowest BCUT2D eigenvalue weighted by Gasteiger charge is -2.04. The van der Waals surface area contributed by atoms with E-state index in [1.165, 1.54) is 0 Å². The second-order valence-electron chi connectivity index (χ2n) is 6.22. The first-order valence-corrected chi connectivity index (χ1v) is 8.69.